The minimum absolute atomic E-state index is 0.00444. The summed E-state index contributed by atoms with van der Waals surface area (Å²) in [5, 5.41) is 8.84. The molecule has 0 unspecified atom stereocenters. The molecule has 0 spiro atoms. The lowest BCUT2D eigenvalue weighted by Gasteiger charge is -2.24. The Labute approximate surface area is 150 Å². The summed E-state index contributed by atoms with van der Waals surface area (Å²) >= 11 is 1.28. The van der Waals surface area contributed by atoms with Crippen LogP contribution in [0.1, 0.15) is 76.1 Å². The number of carbonyl (C=O) groups is 2. The van der Waals surface area contributed by atoms with Crippen LogP contribution in [0.25, 0.3) is 0 Å². The maximum atomic E-state index is 13.0. The highest BCUT2D eigenvalue weighted by Gasteiger charge is 2.35. The van der Waals surface area contributed by atoms with Crippen molar-refractivity contribution in [3.63, 3.8) is 0 Å². The minimum atomic E-state index is -0.00488. The number of carbonyl (C=O) groups excluding carboxylic acids is 2. The number of rotatable bonds is 3. The van der Waals surface area contributed by atoms with E-state index in [1.807, 2.05) is 4.90 Å². The lowest BCUT2D eigenvalue weighted by molar-refractivity contribution is 0.0732. The maximum absolute atomic E-state index is 13.0. The number of aromatic nitrogens is 3. The maximum Gasteiger partial charge on any atom is 0.264 e. The molecule has 0 bridgehead atoms. The summed E-state index contributed by atoms with van der Waals surface area (Å²) in [6.07, 6.45) is 6.40. The first-order valence-electron chi connectivity index (χ1n) is 8.99. The van der Waals surface area contributed by atoms with Crippen LogP contribution in [0.3, 0.4) is 0 Å². The molecule has 0 saturated carbocycles. The minimum Gasteiger partial charge on any atom is -0.328 e. The number of thiophene rings is 1. The van der Waals surface area contributed by atoms with Gasteiger partial charge in [0.25, 0.3) is 5.91 Å². The van der Waals surface area contributed by atoms with Crippen LogP contribution in [0, 0.1) is 0 Å². The molecule has 7 heteroatoms. The third-order valence-electron chi connectivity index (χ3n) is 5.11. The highest BCUT2D eigenvalue weighted by atomic mass is 32.1. The lowest BCUT2D eigenvalue weighted by atomic mass is 10.2. The Morgan fingerprint density at radius 1 is 1.08 bits per heavy atom. The highest BCUT2D eigenvalue weighted by Crippen LogP contribution is 2.34. The van der Waals surface area contributed by atoms with Crippen LogP contribution >= 0.6 is 11.3 Å². The first-order valence-corrected chi connectivity index (χ1v) is 9.80. The van der Waals surface area contributed by atoms with Crippen molar-refractivity contribution in [2.75, 3.05) is 6.54 Å². The van der Waals surface area contributed by atoms with Gasteiger partial charge in [-0.05, 0) is 44.7 Å². The molecule has 2 aliphatic rings. The van der Waals surface area contributed by atoms with Crippen molar-refractivity contribution < 1.29 is 9.59 Å². The van der Waals surface area contributed by atoms with Crippen LogP contribution in [0.5, 0.6) is 0 Å². The van der Waals surface area contributed by atoms with E-state index in [0.717, 1.165) is 56.8 Å². The van der Waals surface area contributed by atoms with E-state index in [4.69, 9.17) is 0 Å². The lowest BCUT2D eigenvalue weighted by Crippen LogP contribution is -2.31. The molecule has 2 aromatic rings. The summed E-state index contributed by atoms with van der Waals surface area (Å²) in [5.41, 5.74) is 0. The Morgan fingerprint density at radius 3 is 2.72 bits per heavy atom. The van der Waals surface area contributed by atoms with Crippen LogP contribution < -0.4 is 0 Å². The van der Waals surface area contributed by atoms with Crippen molar-refractivity contribution in [2.45, 2.75) is 58.0 Å². The molecule has 4 heterocycles. The highest BCUT2D eigenvalue weighted by molar-refractivity contribution is 7.15. The van der Waals surface area contributed by atoms with Crippen molar-refractivity contribution in [2.24, 2.45) is 0 Å². The van der Waals surface area contributed by atoms with Gasteiger partial charge in [-0.15, -0.1) is 21.5 Å². The Balaban J connectivity index is 1.61. The number of nitrogens with zero attached hydrogens (tertiary/aromatic N) is 4. The van der Waals surface area contributed by atoms with Crippen LogP contribution in [0.15, 0.2) is 12.1 Å². The summed E-state index contributed by atoms with van der Waals surface area (Å²) in [6.45, 7) is 3.22. The Kier molecular flexibility index (Phi) is 4.41. The molecule has 0 radical (unpaired) electrons. The number of likely N-dealkylation sites (tertiary alicyclic amines) is 1. The van der Waals surface area contributed by atoms with E-state index in [-0.39, 0.29) is 17.7 Å². The van der Waals surface area contributed by atoms with E-state index in [9.17, 15) is 9.59 Å². The smallest absolute Gasteiger partial charge is 0.264 e. The van der Waals surface area contributed by atoms with Gasteiger partial charge >= 0.3 is 0 Å². The fraction of sp³-hybridized carbons (Fsp3) is 0.556. The van der Waals surface area contributed by atoms with Crippen LogP contribution in [0.4, 0.5) is 0 Å². The van der Waals surface area contributed by atoms with Gasteiger partial charge in [0.1, 0.15) is 5.82 Å². The number of hydrogen-bond donors (Lipinski definition) is 0. The van der Waals surface area contributed by atoms with Gasteiger partial charge in [0.15, 0.2) is 11.6 Å². The van der Waals surface area contributed by atoms with Crippen molar-refractivity contribution in [1.29, 1.82) is 0 Å². The molecule has 2 aliphatic heterocycles. The Bertz CT molecular complexity index is 810. The zero-order valence-corrected chi connectivity index (χ0v) is 15.2. The summed E-state index contributed by atoms with van der Waals surface area (Å²) in [6, 6.07) is 3.51. The molecule has 0 aromatic carbocycles. The van der Waals surface area contributed by atoms with Crippen LogP contribution in [-0.2, 0) is 13.0 Å². The zero-order chi connectivity index (χ0) is 17.4. The molecule has 1 atom stereocenters. The molecule has 132 valence electrons. The van der Waals surface area contributed by atoms with Gasteiger partial charge in [-0.25, -0.2) is 0 Å². The van der Waals surface area contributed by atoms with E-state index in [1.54, 1.807) is 12.1 Å². The molecule has 6 nitrogen and oxygen atoms in total. The van der Waals surface area contributed by atoms with E-state index in [1.165, 1.54) is 24.7 Å². The van der Waals surface area contributed by atoms with Gasteiger partial charge in [0.05, 0.1) is 15.8 Å². The number of amides is 1. The van der Waals surface area contributed by atoms with Crippen LogP contribution in [0.2, 0.25) is 0 Å². The topological polar surface area (TPSA) is 68.1 Å². The molecule has 1 amide bonds. The number of ketones is 1. The average molecular weight is 358 g/mol. The van der Waals surface area contributed by atoms with Gasteiger partial charge in [0, 0.05) is 19.5 Å². The summed E-state index contributed by atoms with van der Waals surface area (Å²) in [5.74, 6) is 2.00. The van der Waals surface area contributed by atoms with Gasteiger partial charge in [-0.3, -0.25) is 9.59 Å². The van der Waals surface area contributed by atoms with Crippen molar-refractivity contribution in [1.82, 2.24) is 19.7 Å². The van der Waals surface area contributed by atoms with Gasteiger partial charge in [0.2, 0.25) is 0 Å². The van der Waals surface area contributed by atoms with Crippen LogP contribution in [-0.4, -0.2) is 37.9 Å². The van der Waals surface area contributed by atoms with Crippen molar-refractivity contribution in [3.8, 4) is 0 Å². The van der Waals surface area contributed by atoms with E-state index >= 15 is 0 Å². The Morgan fingerprint density at radius 2 is 1.92 bits per heavy atom. The molecular formula is C18H22N4O2S. The molecule has 0 N–H and O–H groups in total. The Hall–Kier alpha value is -2.02. The van der Waals surface area contributed by atoms with Gasteiger partial charge in [-0.1, -0.05) is 6.42 Å². The van der Waals surface area contributed by atoms with Gasteiger partial charge in [-0.2, -0.15) is 0 Å². The second-order valence-corrected chi connectivity index (χ2v) is 7.90. The number of Topliss-reactive ketones (excluding diaryl/α,β-unsaturated/α-hetero) is 1. The standard InChI is InChI=1S/C18H22N4O2S/c1-12(23)14-8-9-15(25-14)18(24)21-11-5-6-13(21)17-20-19-16-7-3-2-4-10-22(16)17/h8-9,13H,2-7,10-11H2,1H3/t13-/m1/s1. The molecular weight excluding hydrogens is 336 g/mol. The van der Waals surface area contributed by atoms with E-state index in [2.05, 4.69) is 14.8 Å². The van der Waals surface area contributed by atoms with Crippen molar-refractivity contribution >= 4 is 23.0 Å². The molecule has 4 rings (SSSR count). The predicted molar refractivity (Wildman–Crippen MR) is 94.9 cm³/mol. The largest absolute Gasteiger partial charge is 0.328 e. The molecule has 25 heavy (non-hydrogen) atoms. The first kappa shape index (κ1) is 16.4. The predicted octanol–water partition coefficient (Wildman–Crippen LogP) is 3.25. The third-order valence-corrected chi connectivity index (χ3v) is 6.29. The number of aryl methyl sites for hydroxylation is 1. The monoisotopic (exact) mass is 358 g/mol. The van der Waals surface area contributed by atoms with Crippen molar-refractivity contribution in [3.05, 3.63) is 33.5 Å². The van der Waals surface area contributed by atoms with E-state index in [0.29, 0.717) is 9.75 Å². The fourth-order valence-electron chi connectivity index (χ4n) is 3.82. The summed E-state index contributed by atoms with van der Waals surface area (Å²) < 4.78 is 2.23. The quantitative estimate of drug-likeness (QED) is 0.790. The van der Waals surface area contributed by atoms with Gasteiger partial charge < -0.3 is 9.47 Å². The van der Waals surface area contributed by atoms with E-state index < -0.39 is 0 Å². The average Bonchev–Trinajstić information content (AvgIpc) is 3.30. The second kappa shape index (κ2) is 6.71. The molecule has 2 aromatic heterocycles. The molecule has 1 fully saturated rings. The number of hydrogen-bond acceptors (Lipinski definition) is 5. The summed E-state index contributed by atoms with van der Waals surface area (Å²) in [4.78, 5) is 27.7. The normalized spacial score (nSPS) is 20.4. The summed E-state index contributed by atoms with van der Waals surface area (Å²) in [7, 11) is 0. The second-order valence-electron chi connectivity index (χ2n) is 6.81. The first-order chi connectivity index (χ1) is 12.1. The molecule has 1 saturated heterocycles. The zero-order valence-electron chi connectivity index (χ0n) is 14.4. The third kappa shape index (κ3) is 3.01. The number of fused-ring (bicyclic) bond motifs is 1. The fourth-order valence-corrected chi connectivity index (χ4v) is 4.67. The molecule has 0 aliphatic carbocycles. The SMILES string of the molecule is CC(=O)c1ccc(C(=O)N2CCC[C@@H]2c2nnc3n2CCCCC3)s1.